The first-order valence-electron chi connectivity index (χ1n) is 11.7. The van der Waals surface area contributed by atoms with E-state index in [2.05, 4.69) is 24.4 Å². The van der Waals surface area contributed by atoms with Gasteiger partial charge in [-0.05, 0) is 59.9 Å². The molecule has 4 aromatic rings. The third-order valence-electron chi connectivity index (χ3n) is 5.94. The van der Waals surface area contributed by atoms with Gasteiger partial charge in [-0.25, -0.2) is 13.6 Å². The van der Waals surface area contributed by atoms with Crippen molar-refractivity contribution in [1.29, 1.82) is 0 Å². The lowest BCUT2D eigenvalue weighted by molar-refractivity contribution is 0.0238. The van der Waals surface area contributed by atoms with Gasteiger partial charge in [-0.3, -0.25) is 0 Å². The highest BCUT2D eigenvalue weighted by atomic mass is 19.1. The van der Waals surface area contributed by atoms with Gasteiger partial charge < -0.3 is 20.2 Å². The molecule has 0 aliphatic rings. The minimum atomic E-state index is -0.716. The summed E-state index contributed by atoms with van der Waals surface area (Å²) in [6.07, 6.45) is 3.92. The number of esters is 1. The van der Waals surface area contributed by atoms with Gasteiger partial charge in [0.05, 0.1) is 5.56 Å². The molecule has 5 nitrogen and oxygen atoms in total. The van der Waals surface area contributed by atoms with Crippen molar-refractivity contribution in [2.24, 2.45) is 5.73 Å². The maximum Gasteiger partial charge on any atom is 0.340 e. The minimum Gasteiger partial charge on any atom is -0.456 e. The van der Waals surface area contributed by atoms with Crippen molar-refractivity contribution in [3.63, 3.8) is 0 Å². The van der Waals surface area contributed by atoms with E-state index >= 15 is 0 Å². The molecule has 0 bridgehead atoms. The SMILES string of the molecule is CCc1cccc(CNCC(OC(=O)c2cc3ccccn3c2)C(N)Cc2cc(F)cc(F)c2)c1. The molecule has 7 heteroatoms. The quantitative estimate of drug-likeness (QED) is 0.326. The fourth-order valence-electron chi connectivity index (χ4n) is 4.10. The number of nitrogens with one attached hydrogen (secondary N) is 1. The molecule has 35 heavy (non-hydrogen) atoms. The normalized spacial score (nSPS) is 13.0. The summed E-state index contributed by atoms with van der Waals surface area (Å²) in [5.41, 5.74) is 10.4. The van der Waals surface area contributed by atoms with Gasteiger partial charge in [0.2, 0.25) is 0 Å². The zero-order valence-corrected chi connectivity index (χ0v) is 19.6. The van der Waals surface area contributed by atoms with E-state index in [1.165, 1.54) is 17.7 Å². The van der Waals surface area contributed by atoms with E-state index in [0.29, 0.717) is 17.7 Å². The molecule has 182 valence electrons. The Hall–Kier alpha value is -3.55. The van der Waals surface area contributed by atoms with Crippen LogP contribution in [0.2, 0.25) is 0 Å². The molecule has 2 aromatic carbocycles. The van der Waals surface area contributed by atoms with Crippen molar-refractivity contribution in [2.45, 2.75) is 38.5 Å². The number of fused-ring (bicyclic) bond motifs is 1. The summed E-state index contributed by atoms with van der Waals surface area (Å²) in [7, 11) is 0. The molecule has 0 saturated heterocycles. The number of halogens is 2. The molecule has 3 N–H and O–H groups in total. The van der Waals surface area contributed by atoms with Crippen molar-refractivity contribution >= 4 is 11.5 Å². The van der Waals surface area contributed by atoms with Crippen LogP contribution in [0.4, 0.5) is 8.78 Å². The summed E-state index contributed by atoms with van der Waals surface area (Å²) in [5.74, 6) is -1.85. The van der Waals surface area contributed by atoms with Crippen LogP contribution in [-0.2, 0) is 24.1 Å². The number of hydrogen-bond acceptors (Lipinski definition) is 4. The smallest absolute Gasteiger partial charge is 0.340 e. The van der Waals surface area contributed by atoms with Crippen molar-refractivity contribution in [2.75, 3.05) is 6.54 Å². The second kappa shape index (κ2) is 11.3. The van der Waals surface area contributed by atoms with Crippen molar-refractivity contribution in [1.82, 2.24) is 9.72 Å². The molecule has 2 aromatic heterocycles. The van der Waals surface area contributed by atoms with Crippen LogP contribution in [0.5, 0.6) is 0 Å². The largest absolute Gasteiger partial charge is 0.456 e. The van der Waals surface area contributed by atoms with E-state index in [1.54, 1.807) is 12.3 Å². The van der Waals surface area contributed by atoms with Crippen LogP contribution in [0.3, 0.4) is 0 Å². The van der Waals surface area contributed by atoms with E-state index in [0.717, 1.165) is 23.6 Å². The Morgan fingerprint density at radius 3 is 2.51 bits per heavy atom. The molecule has 2 unspecified atom stereocenters. The second-order valence-electron chi connectivity index (χ2n) is 8.66. The number of ether oxygens (including phenoxy) is 1. The summed E-state index contributed by atoms with van der Waals surface area (Å²) < 4.78 is 35.0. The zero-order chi connectivity index (χ0) is 24.8. The zero-order valence-electron chi connectivity index (χ0n) is 19.6. The molecule has 2 heterocycles. The molecule has 0 amide bonds. The molecule has 0 fully saturated rings. The second-order valence-corrected chi connectivity index (χ2v) is 8.66. The number of pyridine rings is 1. The number of carbonyl (C=O) groups is 1. The predicted octanol–water partition coefficient (Wildman–Crippen LogP) is 4.67. The number of hydrogen-bond donors (Lipinski definition) is 2. The van der Waals surface area contributed by atoms with Crippen molar-refractivity contribution < 1.29 is 18.3 Å². The first-order valence-corrected chi connectivity index (χ1v) is 11.7. The van der Waals surface area contributed by atoms with E-state index in [9.17, 15) is 13.6 Å². The minimum absolute atomic E-state index is 0.150. The number of aryl methyl sites for hydroxylation is 1. The molecule has 0 spiro atoms. The maximum absolute atomic E-state index is 13.7. The number of carbonyl (C=O) groups excluding carboxylic acids is 1. The van der Waals surface area contributed by atoms with E-state index < -0.39 is 29.7 Å². The topological polar surface area (TPSA) is 68.8 Å². The monoisotopic (exact) mass is 477 g/mol. The van der Waals surface area contributed by atoms with Gasteiger partial charge >= 0.3 is 5.97 Å². The van der Waals surface area contributed by atoms with Gasteiger partial charge in [-0.2, -0.15) is 0 Å². The van der Waals surface area contributed by atoms with Gasteiger partial charge in [0.25, 0.3) is 0 Å². The number of benzene rings is 2. The summed E-state index contributed by atoms with van der Waals surface area (Å²) in [4.78, 5) is 13.0. The van der Waals surface area contributed by atoms with Crippen LogP contribution >= 0.6 is 0 Å². The van der Waals surface area contributed by atoms with Gasteiger partial charge in [-0.15, -0.1) is 0 Å². The Balaban J connectivity index is 1.48. The summed E-state index contributed by atoms with van der Waals surface area (Å²) in [6.45, 7) is 2.95. The molecular weight excluding hydrogens is 448 g/mol. The third-order valence-corrected chi connectivity index (χ3v) is 5.94. The Bertz CT molecular complexity index is 1250. The van der Waals surface area contributed by atoms with E-state index in [-0.39, 0.29) is 13.0 Å². The number of nitrogens with zero attached hydrogens (tertiary/aromatic N) is 1. The summed E-state index contributed by atoms with van der Waals surface area (Å²) in [6, 6.07) is 18.3. The Labute approximate surface area is 203 Å². The van der Waals surface area contributed by atoms with Crippen LogP contribution in [0.1, 0.15) is 34.0 Å². The Morgan fingerprint density at radius 2 is 1.77 bits per heavy atom. The average molecular weight is 478 g/mol. The lowest BCUT2D eigenvalue weighted by Crippen LogP contribution is -2.46. The van der Waals surface area contributed by atoms with Crippen LogP contribution in [0, 0.1) is 11.6 Å². The van der Waals surface area contributed by atoms with Crippen LogP contribution in [0.15, 0.2) is 79.1 Å². The molecule has 0 radical (unpaired) electrons. The summed E-state index contributed by atoms with van der Waals surface area (Å²) >= 11 is 0. The van der Waals surface area contributed by atoms with Crippen LogP contribution in [-0.4, -0.2) is 29.1 Å². The Kier molecular flexibility index (Phi) is 7.90. The van der Waals surface area contributed by atoms with Crippen LogP contribution < -0.4 is 11.1 Å². The first-order chi connectivity index (χ1) is 16.9. The van der Waals surface area contributed by atoms with Gasteiger partial charge in [-0.1, -0.05) is 37.3 Å². The molecule has 0 aliphatic carbocycles. The molecule has 2 atom stereocenters. The highest BCUT2D eigenvalue weighted by Gasteiger charge is 2.24. The van der Waals surface area contributed by atoms with Crippen molar-refractivity contribution in [3.05, 3.63) is 113 Å². The lowest BCUT2D eigenvalue weighted by atomic mass is 10.0. The average Bonchev–Trinajstić information content (AvgIpc) is 3.27. The number of aromatic nitrogens is 1. The van der Waals surface area contributed by atoms with Gasteiger partial charge in [0.15, 0.2) is 0 Å². The summed E-state index contributed by atoms with van der Waals surface area (Å²) in [5, 5.41) is 3.32. The van der Waals surface area contributed by atoms with E-state index in [1.807, 2.05) is 40.9 Å². The highest BCUT2D eigenvalue weighted by molar-refractivity contribution is 5.91. The van der Waals surface area contributed by atoms with Crippen molar-refractivity contribution in [3.8, 4) is 0 Å². The highest BCUT2D eigenvalue weighted by Crippen LogP contribution is 2.16. The standard InChI is InChI=1S/C28H29F2N3O2/c1-2-19-6-5-7-20(10-19)16-32-17-27(26(31)13-21-11-23(29)15-24(30)12-21)35-28(34)22-14-25-8-3-4-9-33(25)18-22/h3-12,14-15,18,26-27,32H,2,13,16-17,31H2,1H3. The molecule has 4 rings (SSSR count). The molecule has 0 saturated carbocycles. The Morgan fingerprint density at radius 1 is 1.00 bits per heavy atom. The third kappa shape index (κ3) is 6.53. The number of nitrogens with two attached hydrogens (primary N) is 1. The predicted molar refractivity (Wildman–Crippen MR) is 132 cm³/mol. The maximum atomic E-state index is 13.7. The number of rotatable bonds is 10. The molecule has 0 aliphatic heterocycles. The van der Waals surface area contributed by atoms with Crippen LogP contribution in [0.25, 0.3) is 5.52 Å². The van der Waals surface area contributed by atoms with Gasteiger partial charge in [0, 0.05) is 43.1 Å². The van der Waals surface area contributed by atoms with E-state index in [4.69, 9.17) is 10.5 Å². The molecular formula is C28H29F2N3O2. The fourth-order valence-corrected chi connectivity index (χ4v) is 4.10. The fraction of sp³-hybridized carbons (Fsp3) is 0.250. The van der Waals surface area contributed by atoms with Gasteiger partial charge in [0.1, 0.15) is 17.7 Å². The lowest BCUT2D eigenvalue weighted by Gasteiger charge is -2.25. The first kappa shape index (κ1) is 24.6.